The molecule has 0 bridgehead atoms. The van der Waals surface area contributed by atoms with Crippen LogP contribution in [0.2, 0.25) is 10.0 Å². The second-order valence-corrected chi connectivity index (χ2v) is 7.79. The van der Waals surface area contributed by atoms with Gasteiger partial charge in [0, 0.05) is 10.7 Å². The summed E-state index contributed by atoms with van der Waals surface area (Å²) in [6, 6.07) is 19.8. The van der Waals surface area contributed by atoms with Crippen LogP contribution in [0.5, 0.6) is 11.5 Å². The van der Waals surface area contributed by atoms with Gasteiger partial charge in [0.25, 0.3) is 5.91 Å². The molecule has 1 amide bonds. The minimum Gasteiger partial charge on any atom is -0.493 e. The molecule has 0 fully saturated rings. The lowest BCUT2D eigenvalue weighted by atomic mass is 10.1. The number of aryl methyl sites for hydroxylation is 1. The van der Waals surface area contributed by atoms with Crippen molar-refractivity contribution >= 4 is 40.9 Å². The Bertz CT molecular complexity index is 1220. The van der Waals surface area contributed by atoms with Crippen LogP contribution in [0.25, 0.3) is 6.08 Å². The second kappa shape index (κ2) is 10.7. The van der Waals surface area contributed by atoms with Gasteiger partial charge in [-0.05, 0) is 54.5 Å². The topological polar surface area (TPSA) is 71.3 Å². The monoisotopic (exact) mass is 466 g/mol. The zero-order valence-electron chi connectivity index (χ0n) is 17.5. The van der Waals surface area contributed by atoms with E-state index in [0.29, 0.717) is 39.4 Å². The van der Waals surface area contributed by atoms with E-state index in [9.17, 15) is 10.1 Å². The Morgan fingerprint density at radius 1 is 1.12 bits per heavy atom. The van der Waals surface area contributed by atoms with Crippen molar-refractivity contribution in [2.24, 2.45) is 0 Å². The van der Waals surface area contributed by atoms with Gasteiger partial charge in [-0.1, -0.05) is 59.1 Å². The Balaban J connectivity index is 1.82. The van der Waals surface area contributed by atoms with Crippen molar-refractivity contribution in [2.45, 2.75) is 13.5 Å². The van der Waals surface area contributed by atoms with Gasteiger partial charge in [-0.15, -0.1) is 0 Å². The number of methoxy groups -OCH3 is 1. The van der Waals surface area contributed by atoms with Gasteiger partial charge >= 0.3 is 0 Å². The standard InChI is InChI=1S/C25H20Cl2N2O3/c1-16-5-3-6-17(9-16)15-32-24-22(27)11-18(12-23(24)31-2)10-19(14-28)25(30)29-21-8-4-7-20(26)13-21/h3-13H,15H2,1-2H3,(H,29,30)/b19-10+. The van der Waals surface area contributed by atoms with Gasteiger partial charge in [-0.25, -0.2) is 0 Å². The molecule has 0 aliphatic rings. The molecule has 1 N–H and O–H groups in total. The number of hydrogen-bond donors (Lipinski definition) is 1. The number of amides is 1. The highest BCUT2D eigenvalue weighted by Gasteiger charge is 2.15. The predicted molar refractivity (Wildman–Crippen MR) is 127 cm³/mol. The summed E-state index contributed by atoms with van der Waals surface area (Å²) in [6.07, 6.45) is 1.43. The van der Waals surface area contributed by atoms with E-state index in [1.807, 2.05) is 37.3 Å². The van der Waals surface area contributed by atoms with E-state index < -0.39 is 5.91 Å². The molecule has 32 heavy (non-hydrogen) atoms. The molecule has 0 aromatic heterocycles. The van der Waals surface area contributed by atoms with Crippen LogP contribution in [0.15, 0.2) is 66.2 Å². The summed E-state index contributed by atoms with van der Waals surface area (Å²) < 4.78 is 11.3. The molecule has 0 heterocycles. The number of benzene rings is 3. The molecule has 3 aromatic carbocycles. The number of anilines is 1. The summed E-state index contributed by atoms with van der Waals surface area (Å²) in [5.74, 6) is 0.211. The summed E-state index contributed by atoms with van der Waals surface area (Å²) in [6.45, 7) is 2.33. The fourth-order valence-electron chi connectivity index (χ4n) is 3.00. The predicted octanol–water partition coefficient (Wildman–Crippen LogP) is 6.44. The average molecular weight is 467 g/mol. The smallest absolute Gasteiger partial charge is 0.266 e. The van der Waals surface area contributed by atoms with E-state index in [1.54, 1.807) is 36.4 Å². The van der Waals surface area contributed by atoms with Gasteiger partial charge in [-0.2, -0.15) is 5.26 Å². The zero-order valence-corrected chi connectivity index (χ0v) is 19.0. The molecule has 0 saturated carbocycles. The lowest BCUT2D eigenvalue weighted by molar-refractivity contribution is -0.112. The maximum Gasteiger partial charge on any atom is 0.266 e. The molecule has 5 nitrogen and oxygen atoms in total. The fraction of sp³-hybridized carbons (Fsp3) is 0.120. The molecular formula is C25H20Cl2N2O3. The first-order valence-corrected chi connectivity index (χ1v) is 10.4. The molecule has 3 aromatic rings. The Morgan fingerprint density at radius 2 is 1.91 bits per heavy atom. The van der Waals surface area contributed by atoms with E-state index in [0.717, 1.165) is 11.1 Å². The van der Waals surface area contributed by atoms with Crippen molar-refractivity contribution in [3.63, 3.8) is 0 Å². The van der Waals surface area contributed by atoms with Gasteiger partial charge in [0.2, 0.25) is 0 Å². The third-order valence-electron chi connectivity index (χ3n) is 4.48. The van der Waals surface area contributed by atoms with Crippen LogP contribution >= 0.6 is 23.2 Å². The van der Waals surface area contributed by atoms with Crippen LogP contribution in [-0.4, -0.2) is 13.0 Å². The minimum absolute atomic E-state index is 0.100. The summed E-state index contributed by atoms with van der Waals surface area (Å²) in [5.41, 5.74) is 3.03. The van der Waals surface area contributed by atoms with Gasteiger partial charge in [0.1, 0.15) is 18.2 Å². The molecule has 0 aliphatic carbocycles. The Kier molecular flexibility index (Phi) is 7.77. The average Bonchev–Trinajstić information content (AvgIpc) is 2.76. The number of nitriles is 1. The molecule has 162 valence electrons. The van der Waals surface area contributed by atoms with E-state index >= 15 is 0 Å². The number of carbonyl (C=O) groups is 1. The van der Waals surface area contributed by atoms with Crippen LogP contribution < -0.4 is 14.8 Å². The Labute approximate surface area is 196 Å². The Morgan fingerprint density at radius 3 is 2.59 bits per heavy atom. The molecule has 3 rings (SSSR count). The number of nitrogens with one attached hydrogen (secondary N) is 1. The van der Waals surface area contributed by atoms with Crippen molar-refractivity contribution < 1.29 is 14.3 Å². The Hall–Kier alpha value is -3.46. The van der Waals surface area contributed by atoms with Crippen LogP contribution in [0.3, 0.4) is 0 Å². The van der Waals surface area contributed by atoms with E-state index in [4.69, 9.17) is 32.7 Å². The first-order valence-electron chi connectivity index (χ1n) is 9.64. The second-order valence-electron chi connectivity index (χ2n) is 6.95. The number of hydrogen-bond acceptors (Lipinski definition) is 4. The third-order valence-corrected chi connectivity index (χ3v) is 4.99. The van der Waals surface area contributed by atoms with Crippen molar-refractivity contribution in [3.8, 4) is 17.6 Å². The van der Waals surface area contributed by atoms with Crippen LogP contribution in [0.4, 0.5) is 5.69 Å². The van der Waals surface area contributed by atoms with Crippen molar-refractivity contribution in [3.05, 3.63) is 93.0 Å². The van der Waals surface area contributed by atoms with E-state index in [1.165, 1.54) is 13.2 Å². The third kappa shape index (κ3) is 6.04. The maximum absolute atomic E-state index is 12.5. The highest BCUT2D eigenvalue weighted by Crippen LogP contribution is 2.37. The lowest BCUT2D eigenvalue weighted by Crippen LogP contribution is -2.13. The highest BCUT2D eigenvalue weighted by molar-refractivity contribution is 6.32. The molecule has 7 heteroatoms. The quantitative estimate of drug-likeness (QED) is 0.321. The minimum atomic E-state index is -0.565. The summed E-state index contributed by atoms with van der Waals surface area (Å²) in [7, 11) is 1.50. The van der Waals surface area contributed by atoms with Crippen molar-refractivity contribution in [1.82, 2.24) is 0 Å². The maximum atomic E-state index is 12.5. The zero-order chi connectivity index (χ0) is 23.1. The van der Waals surface area contributed by atoms with Gasteiger partial charge in [0.15, 0.2) is 11.5 Å². The normalized spacial score (nSPS) is 10.9. The van der Waals surface area contributed by atoms with E-state index in [-0.39, 0.29) is 5.57 Å². The molecule has 0 unspecified atom stereocenters. The summed E-state index contributed by atoms with van der Waals surface area (Å²) in [4.78, 5) is 12.5. The number of ether oxygens (including phenoxy) is 2. The number of rotatable bonds is 7. The molecule has 0 atom stereocenters. The molecular weight excluding hydrogens is 447 g/mol. The molecule has 0 aliphatic heterocycles. The number of carbonyl (C=O) groups excluding carboxylic acids is 1. The van der Waals surface area contributed by atoms with Gasteiger partial charge in [-0.3, -0.25) is 4.79 Å². The van der Waals surface area contributed by atoms with Gasteiger partial charge < -0.3 is 14.8 Å². The fourth-order valence-corrected chi connectivity index (χ4v) is 3.46. The van der Waals surface area contributed by atoms with E-state index in [2.05, 4.69) is 5.32 Å². The SMILES string of the molecule is COc1cc(/C=C(\C#N)C(=O)Nc2cccc(Cl)c2)cc(Cl)c1OCc1cccc(C)c1. The molecule has 0 radical (unpaired) electrons. The molecule has 0 saturated heterocycles. The molecule has 0 spiro atoms. The first kappa shape index (κ1) is 23.2. The van der Waals surface area contributed by atoms with Crippen LogP contribution in [-0.2, 0) is 11.4 Å². The number of nitrogens with zero attached hydrogens (tertiary/aromatic N) is 1. The van der Waals surface area contributed by atoms with Crippen molar-refractivity contribution in [2.75, 3.05) is 12.4 Å². The van der Waals surface area contributed by atoms with Crippen LogP contribution in [0, 0.1) is 18.3 Å². The van der Waals surface area contributed by atoms with Gasteiger partial charge in [0.05, 0.1) is 12.1 Å². The lowest BCUT2D eigenvalue weighted by Gasteiger charge is -2.14. The van der Waals surface area contributed by atoms with Crippen LogP contribution in [0.1, 0.15) is 16.7 Å². The highest BCUT2D eigenvalue weighted by atomic mass is 35.5. The van der Waals surface area contributed by atoms with Crippen molar-refractivity contribution in [1.29, 1.82) is 5.26 Å². The largest absolute Gasteiger partial charge is 0.493 e. The summed E-state index contributed by atoms with van der Waals surface area (Å²) in [5, 5.41) is 12.9. The first-order chi connectivity index (χ1) is 15.4. The number of halogens is 2. The summed E-state index contributed by atoms with van der Waals surface area (Å²) >= 11 is 12.4.